The lowest BCUT2D eigenvalue weighted by Gasteiger charge is -2.33. The summed E-state index contributed by atoms with van der Waals surface area (Å²) in [6.45, 7) is 6.82. The number of nitrogens with zero attached hydrogens (tertiary/aromatic N) is 4. The summed E-state index contributed by atoms with van der Waals surface area (Å²) in [5.41, 5.74) is 2.12. The summed E-state index contributed by atoms with van der Waals surface area (Å²) in [6.07, 6.45) is 1.36. The summed E-state index contributed by atoms with van der Waals surface area (Å²) < 4.78 is 30.1. The number of tetrazole rings is 1. The van der Waals surface area contributed by atoms with E-state index in [-0.39, 0.29) is 27.4 Å². The number of nitrogens with one attached hydrogen (secondary N) is 1. The molecule has 0 bridgehead atoms. The fourth-order valence-corrected chi connectivity index (χ4v) is 5.53. The zero-order valence-electron chi connectivity index (χ0n) is 19.7. The smallest absolute Gasteiger partial charge is 0.410 e. The van der Waals surface area contributed by atoms with Crippen LogP contribution in [0, 0.1) is 0 Å². The molecule has 0 aliphatic carbocycles. The van der Waals surface area contributed by atoms with Gasteiger partial charge in [0.2, 0.25) is 15.8 Å². The molecule has 0 spiro atoms. The van der Waals surface area contributed by atoms with Crippen molar-refractivity contribution in [1.29, 1.82) is 0 Å². The van der Waals surface area contributed by atoms with Gasteiger partial charge in [0.15, 0.2) is 0 Å². The topological polar surface area (TPSA) is 144 Å². The van der Waals surface area contributed by atoms with E-state index in [1.807, 2.05) is 45.0 Å². The first-order valence-electron chi connectivity index (χ1n) is 11.1. The third kappa shape index (κ3) is 5.63. The van der Waals surface area contributed by atoms with Crippen molar-refractivity contribution in [3.05, 3.63) is 47.0 Å². The predicted molar refractivity (Wildman–Crippen MR) is 131 cm³/mol. The highest BCUT2D eigenvalue weighted by atomic mass is 35.5. The largest absolute Gasteiger partial charge is 0.444 e. The summed E-state index contributed by atoms with van der Waals surface area (Å²) in [6, 6.07) is 11.0. The number of piperidine rings is 1. The number of nitrogens with two attached hydrogens (primary N) is 1. The molecule has 3 N–H and O–H groups in total. The molecule has 12 heteroatoms. The number of ether oxygens (including phenoxy) is 1. The van der Waals surface area contributed by atoms with Gasteiger partial charge in [-0.3, -0.25) is 0 Å². The molecule has 1 fully saturated rings. The quantitative estimate of drug-likeness (QED) is 0.532. The summed E-state index contributed by atoms with van der Waals surface area (Å²) >= 11 is 6.20. The maximum Gasteiger partial charge on any atom is 0.410 e. The molecule has 3 aromatic rings. The monoisotopic (exact) mass is 518 g/mol. The van der Waals surface area contributed by atoms with Crippen LogP contribution in [0.25, 0.3) is 22.5 Å². The fraction of sp³-hybridized carbons (Fsp3) is 0.391. The Morgan fingerprint density at radius 2 is 1.80 bits per heavy atom. The third-order valence-electron chi connectivity index (χ3n) is 5.80. The van der Waals surface area contributed by atoms with Crippen molar-refractivity contribution in [2.45, 2.75) is 50.0 Å². The number of rotatable bonds is 4. The number of aromatic nitrogens is 4. The van der Waals surface area contributed by atoms with E-state index < -0.39 is 15.6 Å². The number of likely N-dealkylation sites (tertiary alicyclic amines) is 1. The van der Waals surface area contributed by atoms with Gasteiger partial charge in [-0.15, -0.1) is 10.2 Å². The first kappa shape index (κ1) is 25.1. The number of sulfonamides is 1. The van der Waals surface area contributed by atoms with Gasteiger partial charge in [-0.05, 0) is 67.5 Å². The molecular formula is C23H27ClN6O4S. The van der Waals surface area contributed by atoms with Gasteiger partial charge in [-0.1, -0.05) is 41.9 Å². The fourth-order valence-electron chi connectivity index (χ4n) is 4.22. The summed E-state index contributed by atoms with van der Waals surface area (Å²) in [7, 11) is -4.17. The Labute approximate surface area is 208 Å². The molecule has 2 aromatic carbocycles. The van der Waals surface area contributed by atoms with Crippen LogP contribution in [0.1, 0.15) is 45.1 Å². The number of benzene rings is 2. The molecule has 1 aromatic heterocycles. The first-order chi connectivity index (χ1) is 16.4. The molecule has 1 amide bonds. The summed E-state index contributed by atoms with van der Waals surface area (Å²) in [5, 5.41) is 19.2. The maximum atomic E-state index is 12.3. The van der Waals surface area contributed by atoms with Crippen molar-refractivity contribution in [3.8, 4) is 22.5 Å². The van der Waals surface area contributed by atoms with Crippen molar-refractivity contribution >= 4 is 27.7 Å². The second-order valence-electron chi connectivity index (χ2n) is 9.44. The Bertz CT molecular complexity index is 1310. The maximum absolute atomic E-state index is 12.3. The number of primary sulfonamides is 1. The minimum atomic E-state index is -4.17. The van der Waals surface area contributed by atoms with Gasteiger partial charge < -0.3 is 9.64 Å². The number of halogens is 1. The number of hydrogen-bond donors (Lipinski definition) is 2. The van der Waals surface area contributed by atoms with Gasteiger partial charge in [-0.25, -0.2) is 18.4 Å². The highest BCUT2D eigenvalue weighted by Gasteiger charge is 2.28. The molecule has 4 rings (SSSR count). The zero-order valence-corrected chi connectivity index (χ0v) is 21.2. The van der Waals surface area contributed by atoms with Gasteiger partial charge >= 0.3 is 6.09 Å². The Morgan fingerprint density at radius 3 is 2.34 bits per heavy atom. The summed E-state index contributed by atoms with van der Waals surface area (Å²) in [4.78, 5) is 13.8. The average molecular weight is 519 g/mol. The SMILES string of the molecule is CC(C)(C)OC(=O)N1CCC(c2ccc(-c3ccc(Cl)c(S(N)(=O)=O)c3-c3nn[nH]n3)cc2)CC1. The average Bonchev–Trinajstić information content (AvgIpc) is 3.32. The van der Waals surface area contributed by atoms with Crippen LogP contribution < -0.4 is 5.14 Å². The van der Waals surface area contributed by atoms with Crippen LogP contribution in [0.2, 0.25) is 5.02 Å². The van der Waals surface area contributed by atoms with Gasteiger partial charge in [0.25, 0.3) is 0 Å². The first-order valence-corrected chi connectivity index (χ1v) is 13.0. The number of carbonyl (C=O) groups is 1. The lowest BCUT2D eigenvalue weighted by Crippen LogP contribution is -2.41. The minimum Gasteiger partial charge on any atom is -0.444 e. The Kier molecular flexibility index (Phi) is 6.85. The number of aromatic amines is 1. The van der Waals surface area contributed by atoms with E-state index in [9.17, 15) is 13.2 Å². The molecule has 10 nitrogen and oxygen atoms in total. The van der Waals surface area contributed by atoms with Gasteiger partial charge in [0, 0.05) is 13.1 Å². The predicted octanol–water partition coefficient (Wildman–Crippen LogP) is 3.95. The van der Waals surface area contributed by atoms with Gasteiger partial charge in [0.1, 0.15) is 10.5 Å². The van der Waals surface area contributed by atoms with Crippen LogP contribution in [0.4, 0.5) is 4.79 Å². The van der Waals surface area contributed by atoms with Crippen LogP contribution in [0.5, 0.6) is 0 Å². The molecule has 0 unspecified atom stereocenters. The zero-order chi connectivity index (χ0) is 25.4. The standard InChI is InChI=1S/C23H27ClN6O4S/c1-23(2,3)34-22(31)30-12-10-15(11-13-30)14-4-6-16(7-5-14)17-8-9-18(24)20(35(25,32)33)19(17)21-26-28-29-27-21/h4-9,15H,10-13H2,1-3H3,(H2,25,32,33)(H,26,27,28,29). The molecule has 1 saturated heterocycles. The molecule has 0 saturated carbocycles. The lowest BCUT2D eigenvalue weighted by atomic mass is 9.88. The second kappa shape index (κ2) is 9.56. The van der Waals surface area contributed by atoms with E-state index in [1.54, 1.807) is 11.0 Å². The number of H-pyrrole nitrogens is 1. The van der Waals surface area contributed by atoms with Crippen LogP contribution in [0.3, 0.4) is 0 Å². The summed E-state index contributed by atoms with van der Waals surface area (Å²) in [5.74, 6) is 0.370. The molecular weight excluding hydrogens is 492 g/mol. The van der Waals surface area contributed by atoms with E-state index in [0.717, 1.165) is 24.0 Å². The third-order valence-corrected chi connectivity index (χ3v) is 7.22. The van der Waals surface area contributed by atoms with Crippen LogP contribution in [-0.2, 0) is 14.8 Å². The lowest BCUT2D eigenvalue weighted by molar-refractivity contribution is 0.0205. The Morgan fingerprint density at radius 1 is 1.14 bits per heavy atom. The minimum absolute atomic E-state index is 0.0237. The van der Waals surface area contributed by atoms with Crippen LogP contribution in [0.15, 0.2) is 41.3 Å². The van der Waals surface area contributed by atoms with E-state index >= 15 is 0 Å². The van der Waals surface area contributed by atoms with Crippen LogP contribution >= 0.6 is 11.6 Å². The van der Waals surface area contributed by atoms with Crippen molar-refractivity contribution in [3.63, 3.8) is 0 Å². The number of hydrogen-bond acceptors (Lipinski definition) is 7. The molecule has 0 radical (unpaired) electrons. The molecule has 2 heterocycles. The van der Waals surface area contributed by atoms with Crippen molar-refractivity contribution < 1.29 is 17.9 Å². The normalized spacial score (nSPS) is 15.3. The highest BCUT2D eigenvalue weighted by Crippen LogP contribution is 2.39. The van der Waals surface area contributed by atoms with Crippen molar-refractivity contribution in [2.75, 3.05) is 13.1 Å². The van der Waals surface area contributed by atoms with Gasteiger partial charge in [-0.2, -0.15) is 5.21 Å². The number of carbonyl (C=O) groups excluding carboxylic acids is 1. The number of amides is 1. The van der Waals surface area contributed by atoms with Crippen molar-refractivity contribution in [2.24, 2.45) is 5.14 Å². The van der Waals surface area contributed by atoms with Crippen molar-refractivity contribution in [1.82, 2.24) is 25.5 Å². The van der Waals surface area contributed by atoms with Gasteiger partial charge in [0.05, 0.1) is 10.6 Å². The molecule has 35 heavy (non-hydrogen) atoms. The van der Waals surface area contributed by atoms with E-state index in [0.29, 0.717) is 24.6 Å². The van der Waals surface area contributed by atoms with E-state index in [2.05, 4.69) is 20.6 Å². The Hall–Kier alpha value is -3.02. The van der Waals surface area contributed by atoms with E-state index in [1.165, 1.54) is 6.07 Å². The van der Waals surface area contributed by atoms with Crippen LogP contribution in [-0.4, -0.2) is 58.7 Å². The highest BCUT2D eigenvalue weighted by molar-refractivity contribution is 7.89. The second-order valence-corrected chi connectivity index (χ2v) is 11.3. The molecule has 0 atom stereocenters. The molecule has 1 aliphatic heterocycles. The Balaban J connectivity index is 1.58. The van der Waals surface area contributed by atoms with E-state index in [4.69, 9.17) is 21.5 Å². The molecule has 186 valence electrons. The molecule has 1 aliphatic rings.